The first-order valence-corrected chi connectivity index (χ1v) is 10.9. The van der Waals surface area contributed by atoms with Gasteiger partial charge in [-0.2, -0.15) is 10.4 Å². The van der Waals surface area contributed by atoms with E-state index in [9.17, 15) is 14.9 Å². The number of aromatic nitrogens is 2. The highest BCUT2D eigenvalue weighted by Crippen LogP contribution is 2.33. The molecule has 7 nitrogen and oxygen atoms in total. The van der Waals surface area contributed by atoms with Gasteiger partial charge in [0.15, 0.2) is 0 Å². The highest BCUT2D eigenvalue weighted by Gasteiger charge is 2.33. The Labute approximate surface area is 198 Å². The Kier molecular flexibility index (Phi) is 6.15. The number of hydrogen-bond acceptors (Lipinski definition) is 5. The van der Waals surface area contributed by atoms with Crippen molar-refractivity contribution in [2.24, 2.45) is 0 Å². The third-order valence-electron chi connectivity index (χ3n) is 5.77. The lowest BCUT2D eigenvalue weighted by atomic mass is 9.93. The van der Waals surface area contributed by atoms with E-state index in [4.69, 9.17) is 9.84 Å². The summed E-state index contributed by atoms with van der Waals surface area (Å²) in [5, 5.41) is 14.3. The van der Waals surface area contributed by atoms with E-state index in [1.165, 1.54) is 7.05 Å². The average molecular weight is 453 g/mol. The van der Waals surface area contributed by atoms with Crippen molar-refractivity contribution < 1.29 is 14.3 Å². The van der Waals surface area contributed by atoms with E-state index in [-0.39, 0.29) is 11.1 Å². The molecule has 0 saturated heterocycles. The second-order valence-corrected chi connectivity index (χ2v) is 7.96. The second kappa shape index (κ2) is 9.20. The summed E-state index contributed by atoms with van der Waals surface area (Å²) in [7, 11) is 1.38. The molecule has 34 heavy (non-hydrogen) atoms. The summed E-state index contributed by atoms with van der Waals surface area (Å²) in [6, 6.07) is 17.4. The molecule has 0 spiro atoms. The average Bonchev–Trinajstić information content (AvgIpc) is 3.25. The predicted octanol–water partition coefficient (Wildman–Crippen LogP) is 4.47. The topological polar surface area (TPSA) is 88.2 Å². The van der Waals surface area contributed by atoms with Crippen molar-refractivity contribution in [3.8, 4) is 28.8 Å². The van der Waals surface area contributed by atoms with E-state index in [1.54, 1.807) is 17.7 Å². The zero-order valence-electron chi connectivity index (χ0n) is 19.5. The van der Waals surface area contributed by atoms with Crippen LogP contribution < -0.4 is 4.74 Å². The summed E-state index contributed by atoms with van der Waals surface area (Å²) in [4.78, 5) is 26.3. The number of carbonyl (C=O) groups excluding carboxylic acids is 2. The van der Waals surface area contributed by atoms with Crippen molar-refractivity contribution in [1.82, 2.24) is 14.7 Å². The van der Waals surface area contributed by atoms with Gasteiger partial charge in [-0.05, 0) is 68.3 Å². The standard InChI is InChI=1S/C27H24N4O3/c1-5-34-21-11-12-22(17(2)13-21)25-19(16-31(29-25)20-9-7-6-8-10-20)14-23-18(3)24(15-28)27(33)30(4)26(23)32/h6-14,16H,5H2,1-4H3/b23-14-. The van der Waals surface area contributed by atoms with Crippen molar-refractivity contribution in [2.75, 3.05) is 13.7 Å². The van der Waals surface area contributed by atoms with Gasteiger partial charge >= 0.3 is 0 Å². The van der Waals surface area contributed by atoms with E-state index in [0.29, 0.717) is 23.4 Å². The molecule has 7 heteroatoms. The van der Waals surface area contributed by atoms with Gasteiger partial charge in [0.05, 0.1) is 12.3 Å². The number of hydrogen-bond donors (Lipinski definition) is 0. The van der Waals surface area contributed by atoms with Gasteiger partial charge in [-0.15, -0.1) is 0 Å². The fourth-order valence-electron chi connectivity index (χ4n) is 3.93. The van der Waals surface area contributed by atoms with Crippen molar-refractivity contribution >= 4 is 17.9 Å². The van der Waals surface area contributed by atoms with Gasteiger partial charge in [0.2, 0.25) is 0 Å². The molecule has 0 saturated carbocycles. The maximum absolute atomic E-state index is 13.0. The number of nitriles is 1. The summed E-state index contributed by atoms with van der Waals surface area (Å²) >= 11 is 0. The monoisotopic (exact) mass is 452 g/mol. The van der Waals surface area contributed by atoms with Crippen LogP contribution >= 0.6 is 0 Å². The first-order valence-electron chi connectivity index (χ1n) is 10.9. The third-order valence-corrected chi connectivity index (χ3v) is 5.77. The van der Waals surface area contributed by atoms with Gasteiger partial charge in [0.1, 0.15) is 23.1 Å². The highest BCUT2D eigenvalue weighted by molar-refractivity contribution is 6.19. The lowest BCUT2D eigenvalue weighted by Crippen LogP contribution is -2.39. The number of likely N-dealkylation sites (N-methyl/N-ethyl adjacent to an activating group) is 1. The number of nitrogens with zero attached hydrogens (tertiary/aromatic N) is 4. The van der Waals surface area contributed by atoms with Crippen LogP contribution in [-0.2, 0) is 9.59 Å². The van der Waals surface area contributed by atoms with Crippen LogP contribution in [0.1, 0.15) is 25.0 Å². The molecule has 0 atom stereocenters. The van der Waals surface area contributed by atoms with Crippen molar-refractivity contribution in [2.45, 2.75) is 20.8 Å². The molecule has 170 valence electrons. The molecule has 0 bridgehead atoms. The second-order valence-electron chi connectivity index (χ2n) is 7.96. The Bertz CT molecular complexity index is 1390. The van der Waals surface area contributed by atoms with Crippen molar-refractivity contribution in [1.29, 1.82) is 5.26 Å². The molecule has 0 aliphatic carbocycles. The molecule has 0 N–H and O–H groups in total. The Hall–Kier alpha value is -4.44. The van der Waals surface area contributed by atoms with Crippen molar-refractivity contribution in [3.63, 3.8) is 0 Å². The van der Waals surface area contributed by atoms with Gasteiger partial charge in [0, 0.05) is 29.9 Å². The molecule has 1 aliphatic rings. The zero-order chi connectivity index (χ0) is 24.4. The molecule has 2 amide bonds. The summed E-state index contributed by atoms with van der Waals surface area (Å²) in [5.74, 6) is -0.278. The van der Waals surface area contributed by atoms with Crippen LogP contribution in [0.15, 0.2) is 71.4 Å². The Morgan fingerprint density at radius 2 is 1.82 bits per heavy atom. The van der Waals surface area contributed by atoms with E-state index in [0.717, 1.165) is 27.5 Å². The fourth-order valence-corrected chi connectivity index (χ4v) is 3.93. The molecule has 3 aromatic rings. The maximum atomic E-state index is 13.0. The van der Waals surface area contributed by atoms with Crippen LogP contribution in [0.5, 0.6) is 5.75 Å². The third kappa shape index (κ3) is 4.02. The number of carbonyl (C=O) groups is 2. The number of imide groups is 1. The van der Waals surface area contributed by atoms with Crippen LogP contribution in [0.4, 0.5) is 0 Å². The lowest BCUT2D eigenvalue weighted by molar-refractivity contribution is -0.138. The molecule has 1 aliphatic heterocycles. The summed E-state index contributed by atoms with van der Waals surface area (Å²) in [5.41, 5.74) is 4.70. The Morgan fingerprint density at radius 1 is 1.09 bits per heavy atom. The summed E-state index contributed by atoms with van der Waals surface area (Å²) in [6.45, 7) is 6.10. The van der Waals surface area contributed by atoms with Crippen LogP contribution in [-0.4, -0.2) is 40.1 Å². The quantitative estimate of drug-likeness (QED) is 0.421. The van der Waals surface area contributed by atoms with Gasteiger partial charge in [-0.25, -0.2) is 4.68 Å². The number of benzene rings is 2. The molecular formula is C27H24N4O3. The number of amides is 2. The van der Waals surface area contributed by atoms with Crippen LogP contribution in [0.2, 0.25) is 0 Å². The molecule has 2 heterocycles. The highest BCUT2D eigenvalue weighted by atomic mass is 16.5. The van der Waals surface area contributed by atoms with E-state index >= 15 is 0 Å². The largest absolute Gasteiger partial charge is 0.494 e. The molecule has 1 aromatic heterocycles. The number of ether oxygens (including phenoxy) is 1. The molecule has 0 radical (unpaired) electrons. The minimum Gasteiger partial charge on any atom is -0.494 e. The zero-order valence-corrected chi connectivity index (χ0v) is 19.5. The normalized spacial score (nSPS) is 15.1. The maximum Gasteiger partial charge on any atom is 0.271 e. The van der Waals surface area contributed by atoms with Gasteiger partial charge in [-0.3, -0.25) is 14.5 Å². The van der Waals surface area contributed by atoms with Crippen LogP contribution in [0, 0.1) is 18.3 Å². The van der Waals surface area contributed by atoms with Crippen LogP contribution in [0.3, 0.4) is 0 Å². The first kappa shape index (κ1) is 22.7. The smallest absolute Gasteiger partial charge is 0.271 e. The van der Waals surface area contributed by atoms with Gasteiger partial charge in [0.25, 0.3) is 11.8 Å². The number of aryl methyl sites for hydroxylation is 1. The van der Waals surface area contributed by atoms with E-state index in [1.807, 2.05) is 74.6 Å². The van der Waals surface area contributed by atoms with E-state index in [2.05, 4.69) is 0 Å². The lowest BCUT2D eigenvalue weighted by Gasteiger charge is -2.23. The Balaban J connectivity index is 1.93. The number of rotatable bonds is 5. The number of para-hydroxylation sites is 1. The minimum atomic E-state index is -0.593. The van der Waals surface area contributed by atoms with Gasteiger partial charge < -0.3 is 4.74 Å². The summed E-state index contributed by atoms with van der Waals surface area (Å²) < 4.78 is 7.38. The van der Waals surface area contributed by atoms with Crippen LogP contribution in [0.25, 0.3) is 23.0 Å². The Morgan fingerprint density at radius 3 is 2.47 bits per heavy atom. The molecule has 0 fully saturated rings. The molecule has 2 aromatic carbocycles. The van der Waals surface area contributed by atoms with Gasteiger partial charge in [-0.1, -0.05) is 18.2 Å². The first-order chi connectivity index (χ1) is 16.3. The van der Waals surface area contributed by atoms with E-state index < -0.39 is 11.8 Å². The SMILES string of the molecule is CCOc1ccc(-c2nn(-c3ccccc3)cc2/C=C2\C(=O)N(C)C(=O)C(C#N)=C2C)c(C)c1. The molecule has 4 rings (SSSR count). The minimum absolute atomic E-state index is 0.0393. The molecule has 0 unspecified atom stereocenters. The molecular weight excluding hydrogens is 428 g/mol. The fraction of sp³-hybridized carbons (Fsp3) is 0.185. The predicted molar refractivity (Wildman–Crippen MR) is 129 cm³/mol. The van der Waals surface area contributed by atoms with Crippen molar-refractivity contribution in [3.05, 3.63) is 82.6 Å². The summed E-state index contributed by atoms with van der Waals surface area (Å²) in [6.07, 6.45) is 3.55.